The molecule has 0 radical (unpaired) electrons. The molecule has 0 atom stereocenters. The normalized spacial score (nSPS) is 10.3. The molecule has 0 spiro atoms. The number of nitrogens with one attached hydrogen (secondary N) is 1. The molecule has 138 valence electrons. The summed E-state index contributed by atoms with van der Waals surface area (Å²) < 4.78 is 5.16. The lowest BCUT2D eigenvalue weighted by atomic mass is 10.1. The highest BCUT2D eigenvalue weighted by atomic mass is 16.6. The predicted molar refractivity (Wildman–Crippen MR) is 102 cm³/mol. The fourth-order valence-electron chi connectivity index (χ4n) is 2.49. The summed E-state index contributed by atoms with van der Waals surface area (Å²) >= 11 is 0. The Kier molecular flexibility index (Phi) is 6.54. The van der Waals surface area contributed by atoms with Gasteiger partial charge in [0.05, 0.1) is 17.7 Å². The van der Waals surface area contributed by atoms with Crippen molar-refractivity contribution in [1.29, 1.82) is 0 Å². The van der Waals surface area contributed by atoms with Gasteiger partial charge in [-0.2, -0.15) is 0 Å². The van der Waals surface area contributed by atoms with E-state index in [0.717, 1.165) is 25.1 Å². The van der Waals surface area contributed by atoms with Crippen molar-refractivity contribution in [2.75, 3.05) is 30.9 Å². The van der Waals surface area contributed by atoms with Gasteiger partial charge in [-0.15, -0.1) is 0 Å². The zero-order valence-electron chi connectivity index (χ0n) is 15.2. The average Bonchev–Trinajstić information content (AvgIpc) is 2.66. The van der Waals surface area contributed by atoms with Crippen LogP contribution in [0.5, 0.6) is 5.75 Å². The Bertz CT molecular complexity index is 775. The quantitative estimate of drug-likeness (QED) is 0.568. The van der Waals surface area contributed by atoms with E-state index >= 15 is 0 Å². The lowest BCUT2D eigenvalue weighted by Gasteiger charge is -2.19. The van der Waals surface area contributed by atoms with Crippen LogP contribution in [-0.4, -0.2) is 31.5 Å². The number of carbonyl (C=O) groups is 1. The molecule has 7 nitrogen and oxygen atoms in total. The van der Waals surface area contributed by atoms with Gasteiger partial charge in [-0.25, -0.2) is 0 Å². The number of ether oxygens (including phenoxy) is 1. The van der Waals surface area contributed by atoms with Gasteiger partial charge in [-0.3, -0.25) is 14.9 Å². The monoisotopic (exact) mass is 357 g/mol. The summed E-state index contributed by atoms with van der Waals surface area (Å²) in [5.41, 5.74) is 1.64. The molecule has 26 heavy (non-hydrogen) atoms. The summed E-state index contributed by atoms with van der Waals surface area (Å²) in [6.45, 7) is 3.09. The first-order valence-corrected chi connectivity index (χ1v) is 8.41. The van der Waals surface area contributed by atoms with Crippen molar-refractivity contribution in [3.05, 3.63) is 58.1 Å². The van der Waals surface area contributed by atoms with Crippen molar-refractivity contribution in [1.82, 2.24) is 0 Å². The van der Waals surface area contributed by atoms with E-state index in [2.05, 4.69) is 17.1 Å². The highest BCUT2D eigenvalue weighted by Crippen LogP contribution is 2.29. The summed E-state index contributed by atoms with van der Waals surface area (Å²) in [5.74, 6) is 0.00595. The first kappa shape index (κ1) is 19.2. The zero-order chi connectivity index (χ0) is 19.1. The number of nitro benzene ring substituents is 1. The molecule has 0 aliphatic rings. The highest BCUT2D eigenvalue weighted by Gasteiger charge is 2.15. The van der Waals surface area contributed by atoms with E-state index in [1.54, 1.807) is 12.1 Å². The third-order valence-electron chi connectivity index (χ3n) is 4.06. The molecule has 2 rings (SSSR count). The largest absolute Gasteiger partial charge is 0.495 e. The van der Waals surface area contributed by atoms with Gasteiger partial charge in [0.2, 0.25) is 0 Å². The van der Waals surface area contributed by atoms with Gasteiger partial charge in [0.25, 0.3) is 11.6 Å². The number of nitro groups is 1. The van der Waals surface area contributed by atoms with Gasteiger partial charge in [0.1, 0.15) is 5.75 Å². The first-order valence-electron chi connectivity index (χ1n) is 8.41. The van der Waals surface area contributed by atoms with Crippen LogP contribution in [0.15, 0.2) is 42.5 Å². The van der Waals surface area contributed by atoms with E-state index in [4.69, 9.17) is 4.74 Å². The van der Waals surface area contributed by atoms with Gasteiger partial charge >= 0.3 is 0 Å². The van der Waals surface area contributed by atoms with Crippen LogP contribution in [0.1, 0.15) is 30.1 Å². The number of nitrogens with zero attached hydrogens (tertiary/aromatic N) is 2. The number of hydrogen-bond donors (Lipinski definition) is 1. The lowest BCUT2D eigenvalue weighted by molar-refractivity contribution is -0.384. The summed E-state index contributed by atoms with van der Waals surface area (Å²) in [5, 5.41) is 13.6. The number of unbranched alkanes of at least 4 members (excludes halogenated alkanes) is 1. The van der Waals surface area contributed by atoms with Crippen molar-refractivity contribution >= 4 is 23.0 Å². The molecular weight excluding hydrogens is 334 g/mol. The number of methoxy groups -OCH3 is 1. The van der Waals surface area contributed by atoms with E-state index < -0.39 is 4.92 Å². The van der Waals surface area contributed by atoms with Crippen LogP contribution in [0.3, 0.4) is 0 Å². The second-order valence-electron chi connectivity index (χ2n) is 5.92. The van der Waals surface area contributed by atoms with E-state index in [9.17, 15) is 14.9 Å². The highest BCUT2D eigenvalue weighted by molar-refractivity contribution is 6.05. The van der Waals surface area contributed by atoms with Gasteiger partial charge in [-0.05, 0) is 36.8 Å². The Morgan fingerprint density at radius 1 is 1.23 bits per heavy atom. The number of anilines is 2. The maximum Gasteiger partial charge on any atom is 0.271 e. The number of benzene rings is 2. The Labute approximate surface area is 152 Å². The van der Waals surface area contributed by atoms with E-state index in [-0.39, 0.29) is 17.3 Å². The molecule has 2 aromatic rings. The lowest BCUT2D eigenvalue weighted by Crippen LogP contribution is -2.18. The first-order chi connectivity index (χ1) is 12.5. The summed E-state index contributed by atoms with van der Waals surface area (Å²) in [6.07, 6.45) is 2.22. The molecule has 0 saturated carbocycles. The number of amides is 1. The van der Waals surface area contributed by atoms with Crippen LogP contribution in [0, 0.1) is 10.1 Å². The van der Waals surface area contributed by atoms with Crippen LogP contribution in [0.25, 0.3) is 0 Å². The van der Waals surface area contributed by atoms with E-state index in [1.807, 2.05) is 19.2 Å². The second-order valence-corrected chi connectivity index (χ2v) is 5.92. The summed E-state index contributed by atoms with van der Waals surface area (Å²) in [4.78, 5) is 25.0. The molecule has 0 bridgehead atoms. The molecule has 0 fully saturated rings. The molecule has 2 aromatic carbocycles. The summed E-state index contributed by atoms with van der Waals surface area (Å²) in [7, 11) is 3.45. The minimum atomic E-state index is -0.518. The standard InChI is InChI=1S/C19H23N3O4/c1-4-5-12-21(2)15-8-6-14(7-9-15)19(23)20-17-13-16(22(24)25)10-11-18(17)26-3/h6-11,13H,4-5,12H2,1-3H3,(H,20,23). The number of hydrogen-bond acceptors (Lipinski definition) is 5. The van der Waals surface area contributed by atoms with Gasteiger partial charge in [-0.1, -0.05) is 13.3 Å². The van der Waals surface area contributed by atoms with E-state index in [1.165, 1.54) is 25.3 Å². The van der Waals surface area contributed by atoms with Crippen LogP contribution >= 0.6 is 0 Å². The SMILES string of the molecule is CCCCN(C)c1ccc(C(=O)Nc2cc([N+](=O)[O-])ccc2OC)cc1. The molecule has 0 unspecified atom stereocenters. The summed E-state index contributed by atoms with van der Waals surface area (Å²) in [6, 6.07) is 11.3. The zero-order valence-corrected chi connectivity index (χ0v) is 15.2. The molecule has 1 amide bonds. The number of carbonyl (C=O) groups excluding carboxylic acids is 1. The minimum Gasteiger partial charge on any atom is -0.495 e. The second kappa shape index (κ2) is 8.84. The molecule has 0 aromatic heterocycles. The Morgan fingerprint density at radius 2 is 1.92 bits per heavy atom. The molecule has 0 heterocycles. The Morgan fingerprint density at radius 3 is 2.50 bits per heavy atom. The smallest absolute Gasteiger partial charge is 0.271 e. The van der Waals surface area contributed by atoms with E-state index in [0.29, 0.717) is 11.3 Å². The Balaban J connectivity index is 2.15. The van der Waals surface area contributed by atoms with Gasteiger partial charge in [0.15, 0.2) is 0 Å². The topological polar surface area (TPSA) is 84.7 Å². The van der Waals surface area contributed by atoms with Gasteiger partial charge in [0, 0.05) is 37.0 Å². The van der Waals surface area contributed by atoms with Crippen LogP contribution in [0.2, 0.25) is 0 Å². The molecule has 1 N–H and O–H groups in total. The maximum absolute atomic E-state index is 12.5. The fraction of sp³-hybridized carbons (Fsp3) is 0.316. The molecule has 0 aliphatic heterocycles. The molecule has 0 saturated heterocycles. The minimum absolute atomic E-state index is 0.117. The van der Waals surface area contributed by atoms with Crippen molar-refractivity contribution in [3.8, 4) is 5.75 Å². The molecular formula is C19H23N3O4. The van der Waals surface area contributed by atoms with Gasteiger partial charge < -0.3 is 15.0 Å². The molecule has 7 heteroatoms. The molecule has 0 aliphatic carbocycles. The third-order valence-corrected chi connectivity index (χ3v) is 4.06. The number of rotatable bonds is 8. The van der Waals surface area contributed by atoms with Crippen molar-refractivity contribution < 1.29 is 14.5 Å². The Hall–Kier alpha value is -3.09. The maximum atomic E-state index is 12.5. The van der Waals surface area contributed by atoms with Crippen molar-refractivity contribution in [2.24, 2.45) is 0 Å². The number of non-ortho nitro benzene ring substituents is 1. The fourth-order valence-corrected chi connectivity index (χ4v) is 2.49. The van der Waals surface area contributed by atoms with Crippen LogP contribution in [0.4, 0.5) is 17.1 Å². The van der Waals surface area contributed by atoms with Crippen molar-refractivity contribution in [3.63, 3.8) is 0 Å². The van der Waals surface area contributed by atoms with Crippen LogP contribution < -0.4 is 15.0 Å². The average molecular weight is 357 g/mol. The predicted octanol–water partition coefficient (Wildman–Crippen LogP) is 4.09. The third kappa shape index (κ3) is 4.72. The van der Waals surface area contributed by atoms with Crippen molar-refractivity contribution in [2.45, 2.75) is 19.8 Å². The van der Waals surface area contributed by atoms with Crippen LogP contribution in [-0.2, 0) is 0 Å².